The van der Waals surface area contributed by atoms with Crippen molar-refractivity contribution in [2.24, 2.45) is 0 Å². The van der Waals surface area contributed by atoms with Crippen LogP contribution in [0.15, 0.2) is 84.9 Å². The van der Waals surface area contributed by atoms with Gasteiger partial charge in [0.15, 0.2) is 5.75 Å². The predicted octanol–water partition coefficient (Wildman–Crippen LogP) is 13.0. The van der Waals surface area contributed by atoms with E-state index in [1.807, 2.05) is 155 Å². The van der Waals surface area contributed by atoms with Gasteiger partial charge in [-0.25, -0.2) is 24.0 Å². The number of alkyl carbamates (subject to hydrolysis) is 2. The van der Waals surface area contributed by atoms with Gasteiger partial charge in [-0.1, -0.05) is 52.6 Å². The molecule has 5 rings (SSSR count). The van der Waals surface area contributed by atoms with Gasteiger partial charge in [0.25, 0.3) is 0 Å². The van der Waals surface area contributed by atoms with Crippen LogP contribution in [0.1, 0.15) is 93.0 Å². The smallest absolute Gasteiger partial charge is 0.408 e. The van der Waals surface area contributed by atoms with Crippen LogP contribution >= 0.6 is 158 Å². The number of carboxylic acids is 3. The Labute approximate surface area is 585 Å². The maximum atomic E-state index is 12.7. The Morgan fingerprint density at radius 1 is 0.452 bits per heavy atom. The molecule has 0 aliphatic carbocycles. The molecule has 20 nitrogen and oxygen atoms in total. The van der Waals surface area contributed by atoms with E-state index in [2.05, 4.69) is 66.4 Å². The summed E-state index contributed by atoms with van der Waals surface area (Å²) in [5, 5.41) is 67.4. The molecular weight excluding hydrogens is 1880 g/mol. The molecule has 0 radical (unpaired) electrons. The monoisotopic (exact) mass is 1950 g/mol. The first kappa shape index (κ1) is 80.3. The molecule has 0 heterocycles. The van der Waals surface area contributed by atoms with Gasteiger partial charge in [-0.2, -0.15) is 0 Å². The highest BCUT2D eigenvalue weighted by atomic mass is 127. The first-order chi connectivity index (χ1) is 37.5. The topological polar surface area (TPSA) is 317 Å². The number of aromatic hydroxyl groups is 3. The second kappa shape index (κ2) is 37.2. The molecule has 0 aliphatic heterocycles. The van der Waals surface area contributed by atoms with Gasteiger partial charge in [-0.3, -0.25) is 9.59 Å². The Morgan fingerprint density at radius 3 is 1.13 bits per heavy atom. The van der Waals surface area contributed by atoms with Crippen molar-refractivity contribution in [2.45, 2.75) is 132 Å². The summed E-state index contributed by atoms with van der Waals surface area (Å²) in [5.74, 6) is -2.73. The third kappa shape index (κ3) is 28.9. The van der Waals surface area contributed by atoms with Gasteiger partial charge in [0, 0.05) is 32.6 Å². The predicted molar refractivity (Wildman–Crippen MR) is 380 cm³/mol. The number of halogens is 7. The summed E-state index contributed by atoms with van der Waals surface area (Å²) < 4.78 is 20.9. The average molecular weight is 1950 g/mol. The standard InChI is InChI=1S/C20H20I3NO6.C20H20I2N2O5.C14H17I2NO5.3CH4/c1-20(2,3)30-19(28)24-15(18(26)27)8-10-6-13(22)17(14(23)7-10)29-11-4-5-16(25)12(21)9-11;1-11(25)23-16(9-12-5-3-2-4-6-12)19(27)24-17(20(28)29)10-13-7-14(21)18(26)15(22)8-13;1-14(2,3)22-13(21)17-10(12(19)20)6-7-4-8(15)11(18)9(16)5-7;;;/h4-7,9,15,25H,8H2,1-3H3,(H,24,28)(H,26,27);2-8,16-17,26H,9-10H2,1H3,(H,23,25)(H,24,27)(H,28,29);4-5,10,18H,6H2,1-3H3,(H,17,21)(H,19,20);3*1H4/t15-;16-,17+;10-;;;/m010.../s1. The Kier molecular flexibility index (Phi) is 35.6. The highest BCUT2D eigenvalue weighted by Gasteiger charge is 2.29. The molecule has 84 heavy (non-hydrogen) atoms. The van der Waals surface area contributed by atoms with Gasteiger partial charge < -0.3 is 66.1 Å². The van der Waals surface area contributed by atoms with Crippen LogP contribution in [-0.2, 0) is 59.1 Å². The van der Waals surface area contributed by atoms with Crippen molar-refractivity contribution in [3.05, 3.63) is 132 Å². The minimum Gasteiger partial charge on any atom is -0.507 e. The largest absolute Gasteiger partial charge is 0.507 e. The molecule has 0 aliphatic rings. The number of carboxylic acid groups (broad SMARTS) is 3. The van der Waals surface area contributed by atoms with Gasteiger partial charge in [-0.05, 0) is 277 Å². The van der Waals surface area contributed by atoms with Crippen molar-refractivity contribution in [3.63, 3.8) is 0 Å². The lowest BCUT2D eigenvalue weighted by Gasteiger charge is -2.22. The molecule has 5 aromatic rings. The molecule has 462 valence electrons. The number of ether oxygens (including phenoxy) is 3. The zero-order chi connectivity index (χ0) is 61.3. The summed E-state index contributed by atoms with van der Waals surface area (Å²) in [7, 11) is 0. The number of carbonyl (C=O) groups excluding carboxylic acids is 4. The molecule has 0 spiro atoms. The number of rotatable bonds is 18. The third-order valence-electron chi connectivity index (χ3n) is 10.2. The number of aliphatic carboxylic acids is 3. The minimum absolute atomic E-state index is 0. The van der Waals surface area contributed by atoms with Crippen LogP contribution in [0.4, 0.5) is 9.59 Å². The van der Waals surface area contributed by atoms with Gasteiger partial charge in [0.05, 0.1) is 25.0 Å². The fourth-order valence-corrected chi connectivity index (χ4v) is 13.2. The SMILES string of the molecule is C.C.C.CC(=O)N[C@H](Cc1ccccc1)C(=O)N[C@@H](Cc1cc(I)c(O)c(I)c1)C(=O)O.CC(C)(C)OC(=O)N[C@@H](Cc1cc(I)c(O)c(I)c1)C(=O)O.CC(C)(C)OC(=O)N[C@@H](Cc1cc(I)c(Oc2ccc(O)c(I)c2)c(I)c1)C(=O)O. The molecule has 0 saturated carbocycles. The van der Waals surface area contributed by atoms with E-state index in [4.69, 9.17) is 14.2 Å². The zero-order valence-electron chi connectivity index (χ0n) is 44.1. The van der Waals surface area contributed by atoms with Crippen LogP contribution in [-0.4, -0.2) is 108 Å². The van der Waals surface area contributed by atoms with E-state index in [1.54, 1.807) is 84.0 Å². The van der Waals surface area contributed by atoms with Gasteiger partial charge in [-0.15, -0.1) is 0 Å². The molecule has 0 unspecified atom stereocenters. The Hall–Kier alpha value is -3.70. The van der Waals surface area contributed by atoms with Crippen molar-refractivity contribution in [1.82, 2.24) is 21.3 Å². The third-order valence-corrected chi connectivity index (χ3v) is 16.0. The number of hydrogen-bond acceptors (Lipinski definition) is 13. The van der Waals surface area contributed by atoms with E-state index < -0.39 is 71.4 Å². The van der Waals surface area contributed by atoms with Crippen LogP contribution in [0.3, 0.4) is 0 Å². The van der Waals surface area contributed by atoms with E-state index in [-0.39, 0.29) is 71.1 Å². The Morgan fingerprint density at radius 2 is 0.798 bits per heavy atom. The second-order valence-electron chi connectivity index (χ2n) is 19.4. The normalized spacial score (nSPS) is 12.0. The van der Waals surface area contributed by atoms with Crippen LogP contribution in [0.2, 0.25) is 0 Å². The van der Waals surface area contributed by atoms with Crippen LogP contribution < -0.4 is 26.0 Å². The first-order valence-electron chi connectivity index (χ1n) is 23.8. The lowest BCUT2D eigenvalue weighted by Crippen LogP contribution is -2.52. The van der Waals surface area contributed by atoms with Crippen molar-refractivity contribution >= 4 is 200 Å². The van der Waals surface area contributed by atoms with Crippen molar-refractivity contribution in [2.75, 3.05) is 0 Å². The molecule has 0 saturated heterocycles. The van der Waals surface area contributed by atoms with Crippen molar-refractivity contribution in [3.8, 4) is 28.7 Å². The van der Waals surface area contributed by atoms with E-state index in [1.165, 1.54) is 6.92 Å². The number of benzene rings is 5. The second-order valence-corrected chi connectivity index (χ2v) is 27.6. The summed E-state index contributed by atoms with van der Waals surface area (Å²) in [6.45, 7) is 11.5. The number of nitrogens with one attached hydrogen (secondary N) is 4. The molecule has 0 bridgehead atoms. The molecular formula is C57H69I7N4O16. The molecule has 10 N–H and O–H groups in total. The van der Waals surface area contributed by atoms with Crippen LogP contribution in [0.25, 0.3) is 0 Å². The molecule has 5 aromatic carbocycles. The molecule has 27 heteroatoms. The summed E-state index contributed by atoms with van der Waals surface area (Å²) in [5.41, 5.74) is 1.54. The fraction of sp³-hybridized carbons (Fsp3) is 0.351. The summed E-state index contributed by atoms with van der Waals surface area (Å²) in [6.07, 6.45) is -1.07. The maximum absolute atomic E-state index is 12.7. The molecule has 0 aromatic heterocycles. The molecule has 4 amide bonds. The van der Waals surface area contributed by atoms with E-state index in [9.17, 15) is 64.2 Å². The van der Waals surface area contributed by atoms with Gasteiger partial charge in [0.1, 0.15) is 58.4 Å². The summed E-state index contributed by atoms with van der Waals surface area (Å²) in [4.78, 5) is 82.6. The minimum atomic E-state index is -1.18. The average Bonchev–Trinajstić information content (AvgIpc) is 3.54. The van der Waals surface area contributed by atoms with Gasteiger partial charge in [0.2, 0.25) is 11.8 Å². The van der Waals surface area contributed by atoms with E-state index >= 15 is 0 Å². The van der Waals surface area contributed by atoms with Crippen LogP contribution in [0.5, 0.6) is 28.7 Å². The Balaban J connectivity index is 0.00000122. The summed E-state index contributed by atoms with van der Waals surface area (Å²) in [6, 6.07) is 20.2. The lowest BCUT2D eigenvalue weighted by atomic mass is 10.0. The number of hydrogen-bond donors (Lipinski definition) is 10. The number of phenolic OH excluding ortho intramolecular Hbond substituents is 3. The lowest BCUT2D eigenvalue weighted by molar-refractivity contribution is -0.142. The highest BCUT2D eigenvalue weighted by Crippen LogP contribution is 2.35. The zero-order valence-corrected chi connectivity index (χ0v) is 59.2. The van der Waals surface area contributed by atoms with E-state index in [0.29, 0.717) is 40.5 Å². The van der Waals surface area contributed by atoms with Gasteiger partial charge >= 0.3 is 30.1 Å². The Bertz CT molecular complexity index is 3020. The quantitative estimate of drug-likeness (QED) is 0.0365. The number of carbonyl (C=O) groups is 7. The number of amides is 4. The summed E-state index contributed by atoms with van der Waals surface area (Å²) >= 11 is 14.1. The van der Waals surface area contributed by atoms with Crippen molar-refractivity contribution < 1.29 is 78.4 Å². The highest BCUT2D eigenvalue weighted by molar-refractivity contribution is 14.1. The first-order valence-corrected chi connectivity index (χ1v) is 31.3. The number of phenols is 3. The van der Waals surface area contributed by atoms with E-state index in [0.717, 1.165) is 18.3 Å². The fourth-order valence-electron chi connectivity index (χ4n) is 6.75. The molecule has 4 atom stereocenters. The molecule has 0 fully saturated rings. The maximum Gasteiger partial charge on any atom is 0.408 e. The van der Waals surface area contributed by atoms with Crippen molar-refractivity contribution in [1.29, 1.82) is 0 Å². The van der Waals surface area contributed by atoms with Crippen LogP contribution in [0, 0.1) is 25.0 Å².